The van der Waals surface area contributed by atoms with Crippen LogP contribution >= 0.6 is 24.0 Å². The maximum atomic E-state index is 10.5. The van der Waals surface area contributed by atoms with Crippen LogP contribution < -0.4 is 0 Å². The second kappa shape index (κ2) is 3.25. The molecule has 0 atom stereocenters. The lowest BCUT2D eigenvalue weighted by Crippen LogP contribution is -1.85. The van der Waals surface area contributed by atoms with Crippen molar-refractivity contribution in [3.8, 4) is 0 Å². The zero-order valence-corrected chi connectivity index (χ0v) is 9.06. The van der Waals surface area contributed by atoms with Crippen LogP contribution in [0.4, 0.5) is 5.69 Å². The first-order chi connectivity index (χ1) is 6.59. The van der Waals surface area contributed by atoms with Crippen molar-refractivity contribution in [1.29, 1.82) is 0 Å². The first-order valence-electron chi connectivity index (χ1n) is 3.96. The van der Waals surface area contributed by atoms with Gasteiger partial charge in [0.25, 0.3) is 5.69 Å². The van der Waals surface area contributed by atoms with E-state index in [1.165, 1.54) is 17.4 Å². The Hall–Kier alpha value is -1.07. The molecular formula is C9H7NO2S2. The second-order valence-corrected chi connectivity index (χ2v) is 4.77. The molecule has 72 valence electrons. The summed E-state index contributed by atoms with van der Waals surface area (Å²) in [6.45, 7) is 1.97. The van der Waals surface area contributed by atoms with Gasteiger partial charge in [-0.3, -0.25) is 10.1 Å². The van der Waals surface area contributed by atoms with Crippen LogP contribution in [0.15, 0.2) is 22.4 Å². The number of fused-ring (bicyclic) bond motifs is 1. The number of nitro groups is 1. The molecule has 0 amide bonds. The number of thiol groups is 1. The quantitative estimate of drug-likeness (QED) is 0.459. The van der Waals surface area contributed by atoms with Crippen molar-refractivity contribution in [3.63, 3.8) is 0 Å². The molecule has 0 saturated heterocycles. The predicted octanol–water partition coefficient (Wildman–Crippen LogP) is 3.41. The van der Waals surface area contributed by atoms with E-state index in [0.29, 0.717) is 0 Å². The van der Waals surface area contributed by atoms with Gasteiger partial charge in [0.2, 0.25) is 0 Å². The van der Waals surface area contributed by atoms with Crippen LogP contribution in [0.25, 0.3) is 10.1 Å². The minimum atomic E-state index is -0.382. The van der Waals surface area contributed by atoms with Gasteiger partial charge in [-0.25, -0.2) is 0 Å². The van der Waals surface area contributed by atoms with E-state index >= 15 is 0 Å². The van der Waals surface area contributed by atoms with Crippen LogP contribution in [-0.4, -0.2) is 4.92 Å². The third-order valence-corrected chi connectivity index (χ3v) is 3.77. The fraction of sp³-hybridized carbons (Fsp3) is 0.111. The Morgan fingerprint density at radius 2 is 2.21 bits per heavy atom. The van der Waals surface area contributed by atoms with Crippen LogP contribution in [0.3, 0.4) is 0 Å². The number of hydrogen-bond acceptors (Lipinski definition) is 4. The van der Waals surface area contributed by atoms with Gasteiger partial charge in [-0.05, 0) is 23.9 Å². The van der Waals surface area contributed by atoms with E-state index in [2.05, 4.69) is 12.6 Å². The summed E-state index contributed by atoms with van der Waals surface area (Å²) in [5.74, 6) is 0. The normalized spacial score (nSPS) is 10.7. The molecule has 0 fully saturated rings. The molecule has 0 saturated carbocycles. The number of aryl methyl sites for hydroxylation is 1. The van der Waals surface area contributed by atoms with Gasteiger partial charge in [0, 0.05) is 16.8 Å². The topological polar surface area (TPSA) is 43.1 Å². The Balaban J connectivity index is 2.73. The number of hydrogen-bond donors (Lipinski definition) is 1. The Kier molecular flexibility index (Phi) is 2.20. The van der Waals surface area contributed by atoms with Crippen molar-refractivity contribution in [1.82, 2.24) is 0 Å². The SMILES string of the molecule is Cc1c(S)sc2cc([N+](=O)[O-])ccc12. The predicted molar refractivity (Wildman–Crippen MR) is 60.5 cm³/mol. The molecule has 0 aliphatic heterocycles. The first-order valence-corrected chi connectivity index (χ1v) is 5.22. The summed E-state index contributed by atoms with van der Waals surface area (Å²) in [4.78, 5) is 10.1. The molecular weight excluding hydrogens is 218 g/mol. The van der Waals surface area contributed by atoms with Crippen molar-refractivity contribution in [2.75, 3.05) is 0 Å². The summed E-state index contributed by atoms with van der Waals surface area (Å²) in [5.41, 5.74) is 1.22. The maximum Gasteiger partial charge on any atom is 0.270 e. The third-order valence-electron chi connectivity index (χ3n) is 2.11. The second-order valence-electron chi connectivity index (χ2n) is 2.97. The van der Waals surface area contributed by atoms with Crippen molar-refractivity contribution in [2.24, 2.45) is 0 Å². The molecule has 1 aromatic carbocycles. The number of nitro benzene ring substituents is 1. The average molecular weight is 225 g/mol. The fourth-order valence-electron chi connectivity index (χ4n) is 1.31. The molecule has 0 spiro atoms. The van der Waals surface area contributed by atoms with E-state index < -0.39 is 0 Å². The van der Waals surface area contributed by atoms with Gasteiger partial charge in [-0.15, -0.1) is 24.0 Å². The molecule has 2 aromatic rings. The molecule has 0 radical (unpaired) electrons. The van der Waals surface area contributed by atoms with Crippen LogP contribution in [0.1, 0.15) is 5.56 Å². The van der Waals surface area contributed by atoms with E-state index in [-0.39, 0.29) is 10.6 Å². The molecule has 2 rings (SSSR count). The number of benzene rings is 1. The smallest absolute Gasteiger partial charge is 0.258 e. The van der Waals surface area contributed by atoms with Crippen molar-refractivity contribution in [2.45, 2.75) is 11.1 Å². The summed E-state index contributed by atoms with van der Waals surface area (Å²) < 4.78 is 1.84. The highest BCUT2D eigenvalue weighted by Crippen LogP contribution is 2.34. The van der Waals surface area contributed by atoms with Gasteiger partial charge in [0.05, 0.1) is 9.13 Å². The van der Waals surface area contributed by atoms with Crippen LogP contribution in [0.2, 0.25) is 0 Å². The van der Waals surface area contributed by atoms with Gasteiger partial charge in [0.15, 0.2) is 0 Å². The number of non-ortho nitro benzene ring substituents is 1. The monoisotopic (exact) mass is 225 g/mol. The minimum Gasteiger partial charge on any atom is -0.258 e. The highest BCUT2D eigenvalue weighted by atomic mass is 32.2. The van der Waals surface area contributed by atoms with E-state index in [9.17, 15) is 10.1 Å². The van der Waals surface area contributed by atoms with Gasteiger partial charge < -0.3 is 0 Å². The number of nitrogens with zero attached hydrogens (tertiary/aromatic N) is 1. The van der Waals surface area contributed by atoms with E-state index in [4.69, 9.17) is 0 Å². The van der Waals surface area contributed by atoms with Crippen molar-refractivity contribution in [3.05, 3.63) is 33.9 Å². The molecule has 0 bridgehead atoms. The summed E-state index contributed by atoms with van der Waals surface area (Å²) in [6.07, 6.45) is 0. The highest BCUT2D eigenvalue weighted by Gasteiger charge is 2.10. The third kappa shape index (κ3) is 1.38. The molecule has 0 aliphatic carbocycles. The minimum absolute atomic E-state index is 0.132. The van der Waals surface area contributed by atoms with Crippen LogP contribution in [-0.2, 0) is 0 Å². The van der Waals surface area contributed by atoms with E-state index in [1.54, 1.807) is 12.1 Å². The molecule has 0 unspecified atom stereocenters. The van der Waals surface area contributed by atoms with Gasteiger partial charge in [-0.1, -0.05) is 0 Å². The summed E-state index contributed by atoms with van der Waals surface area (Å²) >= 11 is 5.76. The van der Waals surface area contributed by atoms with Crippen molar-refractivity contribution < 1.29 is 4.92 Å². The molecule has 1 aromatic heterocycles. The Morgan fingerprint density at radius 1 is 1.50 bits per heavy atom. The van der Waals surface area contributed by atoms with Gasteiger partial charge >= 0.3 is 0 Å². The molecule has 5 heteroatoms. The summed E-state index contributed by atoms with van der Waals surface area (Å²) in [5, 5.41) is 11.6. The van der Waals surface area contributed by atoms with E-state index in [0.717, 1.165) is 19.9 Å². The molecule has 14 heavy (non-hydrogen) atoms. The zero-order valence-electron chi connectivity index (χ0n) is 7.35. The van der Waals surface area contributed by atoms with Crippen LogP contribution in [0, 0.1) is 17.0 Å². The lowest BCUT2D eigenvalue weighted by Gasteiger charge is -1.92. The largest absolute Gasteiger partial charge is 0.270 e. The molecule has 1 heterocycles. The van der Waals surface area contributed by atoms with Gasteiger partial charge in [0.1, 0.15) is 0 Å². The average Bonchev–Trinajstić information content (AvgIpc) is 2.42. The molecule has 0 aliphatic rings. The van der Waals surface area contributed by atoms with E-state index in [1.807, 2.05) is 6.92 Å². The van der Waals surface area contributed by atoms with Crippen molar-refractivity contribution >= 4 is 39.7 Å². The Labute approximate surface area is 89.9 Å². The highest BCUT2D eigenvalue weighted by molar-refractivity contribution is 7.83. The Bertz CT molecular complexity index is 519. The standard InChI is InChI=1S/C9H7NO2S2/c1-5-7-3-2-6(10(11)12)4-8(7)14-9(5)13/h2-4,13H,1H3. The Morgan fingerprint density at radius 3 is 2.86 bits per heavy atom. The summed E-state index contributed by atoms with van der Waals surface area (Å²) in [6, 6.07) is 4.89. The van der Waals surface area contributed by atoms with Gasteiger partial charge in [-0.2, -0.15) is 0 Å². The molecule has 3 nitrogen and oxygen atoms in total. The maximum absolute atomic E-state index is 10.5. The lowest BCUT2D eigenvalue weighted by molar-refractivity contribution is -0.384. The first kappa shape index (κ1) is 9.48. The number of rotatable bonds is 1. The number of thiophene rings is 1. The summed E-state index contributed by atoms with van der Waals surface area (Å²) in [7, 11) is 0. The van der Waals surface area contributed by atoms with Crippen LogP contribution in [0.5, 0.6) is 0 Å². The lowest BCUT2D eigenvalue weighted by atomic mass is 10.2. The zero-order chi connectivity index (χ0) is 10.3. The molecule has 0 N–H and O–H groups in total. The fourth-order valence-corrected chi connectivity index (χ4v) is 2.71.